The first-order chi connectivity index (χ1) is 17.6. The van der Waals surface area contributed by atoms with Gasteiger partial charge in [-0.3, -0.25) is 9.36 Å². The maximum Gasteiger partial charge on any atom is 0.342 e. The molecule has 10 heteroatoms. The van der Waals surface area contributed by atoms with E-state index in [-0.39, 0.29) is 24.2 Å². The van der Waals surface area contributed by atoms with E-state index in [4.69, 9.17) is 14.5 Å². The van der Waals surface area contributed by atoms with Crippen molar-refractivity contribution in [2.75, 3.05) is 6.61 Å². The highest BCUT2D eigenvalue weighted by Gasteiger charge is 2.49. The van der Waals surface area contributed by atoms with Crippen molar-refractivity contribution in [2.45, 2.75) is 70.7 Å². The largest absolute Gasteiger partial charge is 0.494 e. The summed E-state index contributed by atoms with van der Waals surface area (Å²) < 4.78 is 12.2. The summed E-state index contributed by atoms with van der Waals surface area (Å²) in [6.45, 7) is 10.7. The summed E-state index contributed by atoms with van der Waals surface area (Å²) in [5.41, 5.74) is 1.14. The lowest BCUT2D eigenvalue weighted by Crippen LogP contribution is -2.43. The van der Waals surface area contributed by atoms with Crippen LogP contribution in [0.5, 0.6) is 5.75 Å². The van der Waals surface area contributed by atoms with E-state index in [1.807, 2.05) is 25.1 Å². The van der Waals surface area contributed by atoms with Gasteiger partial charge in [-0.25, -0.2) is 9.78 Å². The van der Waals surface area contributed by atoms with Crippen molar-refractivity contribution in [2.24, 2.45) is 5.18 Å². The first-order valence-electron chi connectivity index (χ1n) is 12.6. The fourth-order valence-corrected chi connectivity index (χ4v) is 6.40. The summed E-state index contributed by atoms with van der Waals surface area (Å²) >= 11 is 0. The lowest BCUT2D eigenvalue weighted by molar-refractivity contribution is -0.154. The molecule has 37 heavy (non-hydrogen) atoms. The van der Waals surface area contributed by atoms with Crippen molar-refractivity contribution in [1.29, 1.82) is 0 Å². The second-order valence-corrected chi connectivity index (χ2v) is 16.5. The van der Waals surface area contributed by atoms with Crippen molar-refractivity contribution in [1.82, 2.24) is 9.55 Å². The molecule has 4 heterocycles. The summed E-state index contributed by atoms with van der Waals surface area (Å²) in [4.78, 5) is 43.2. The quantitative estimate of drug-likeness (QED) is 0.273. The number of esters is 1. The summed E-state index contributed by atoms with van der Waals surface area (Å²) in [6.07, 6.45) is -0.499. The molecule has 2 aromatic heterocycles. The van der Waals surface area contributed by atoms with Gasteiger partial charge in [0.1, 0.15) is 12.4 Å². The lowest BCUT2D eigenvalue weighted by atomic mass is 9.83. The molecule has 0 saturated heterocycles. The molecule has 3 aromatic rings. The van der Waals surface area contributed by atoms with Crippen LogP contribution in [-0.4, -0.2) is 35.3 Å². The molecule has 5 rings (SSSR count). The molecule has 2 aliphatic heterocycles. The van der Waals surface area contributed by atoms with E-state index in [0.717, 1.165) is 17.0 Å². The Labute approximate surface area is 215 Å². The third-order valence-electron chi connectivity index (χ3n) is 7.43. The molecular formula is C27H31N3O6Si. The fraction of sp³-hybridized carbons (Fsp3) is 0.444. The minimum atomic E-state index is -1.81. The Hall–Kier alpha value is -3.37. The molecule has 0 saturated carbocycles. The lowest BCUT2D eigenvalue weighted by Gasteiger charge is -2.30. The van der Waals surface area contributed by atoms with Gasteiger partial charge in [-0.1, -0.05) is 32.6 Å². The van der Waals surface area contributed by atoms with Gasteiger partial charge < -0.3 is 14.6 Å². The second-order valence-electron chi connectivity index (χ2n) is 10.9. The van der Waals surface area contributed by atoms with E-state index in [9.17, 15) is 19.6 Å². The van der Waals surface area contributed by atoms with Crippen LogP contribution in [0.15, 0.2) is 34.2 Å². The van der Waals surface area contributed by atoms with Gasteiger partial charge in [-0.15, -0.1) is 4.91 Å². The van der Waals surface area contributed by atoms with E-state index in [1.54, 1.807) is 13.0 Å². The third-order valence-corrected chi connectivity index (χ3v) is 9.18. The van der Waals surface area contributed by atoms with Crippen LogP contribution in [-0.2, 0) is 28.1 Å². The Balaban J connectivity index is 1.81. The topological polar surface area (TPSA) is 120 Å². The van der Waals surface area contributed by atoms with Gasteiger partial charge in [0.15, 0.2) is 6.23 Å². The van der Waals surface area contributed by atoms with Crippen LogP contribution in [0.4, 0.5) is 0 Å². The molecule has 1 aromatic carbocycles. The maximum atomic E-state index is 13.7. The molecule has 9 nitrogen and oxygen atoms in total. The molecule has 0 bridgehead atoms. The first kappa shape index (κ1) is 25.3. The Bertz CT molecular complexity index is 1510. The molecule has 1 N–H and O–H groups in total. The monoisotopic (exact) mass is 521 g/mol. The Kier molecular flexibility index (Phi) is 6.07. The standard InChI is InChI=1S/C27H31N3O6Si/c1-6-27(29-34)19-13-21-23-22(25(32)30(21)24(31)18(19)14-36-26(27)33)16(10-11-37(3,4)5)17-12-15(35-7-2)8-9-20(17)28-23/h8-9,12-13,25,32H,6-7,10-11,14H2,1-5H3. The number of fused-ring (bicyclic) bond motifs is 5. The number of aryl methyl sites for hydroxylation is 1. The number of benzene rings is 1. The number of aromatic nitrogens is 2. The van der Waals surface area contributed by atoms with Crippen LogP contribution in [0.1, 0.15) is 48.8 Å². The highest BCUT2D eigenvalue weighted by atomic mass is 28.3. The molecule has 0 radical (unpaired) electrons. The molecule has 0 aliphatic carbocycles. The van der Waals surface area contributed by atoms with Crippen molar-refractivity contribution in [3.63, 3.8) is 0 Å². The van der Waals surface area contributed by atoms with Crippen molar-refractivity contribution in [3.8, 4) is 17.1 Å². The van der Waals surface area contributed by atoms with Gasteiger partial charge in [-0.2, -0.15) is 0 Å². The first-order valence-corrected chi connectivity index (χ1v) is 16.4. The number of aliphatic hydroxyl groups excluding tert-OH is 1. The van der Waals surface area contributed by atoms with E-state index in [2.05, 4.69) is 24.8 Å². The molecule has 2 atom stereocenters. The summed E-state index contributed by atoms with van der Waals surface area (Å²) in [6, 6.07) is 8.27. The van der Waals surface area contributed by atoms with Crippen LogP contribution in [0.3, 0.4) is 0 Å². The molecule has 0 fully saturated rings. The predicted molar refractivity (Wildman–Crippen MR) is 142 cm³/mol. The number of carbonyl (C=O) groups is 1. The van der Waals surface area contributed by atoms with E-state index >= 15 is 0 Å². The summed E-state index contributed by atoms with van der Waals surface area (Å²) in [5, 5.41) is 15.6. The van der Waals surface area contributed by atoms with Crippen LogP contribution >= 0.6 is 0 Å². The minimum absolute atomic E-state index is 0.0491. The van der Waals surface area contributed by atoms with Gasteiger partial charge >= 0.3 is 5.97 Å². The summed E-state index contributed by atoms with van der Waals surface area (Å²) in [7, 11) is -1.46. The van der Waals surface area contributed by atoms with Crippen LogP contribution < -0.4 is 10.3 Å². The smallest absolute Gasteiger partial charge is 0.342 e. The predicted octanol–water partition coefficient (Wildman–Crippen LogP) is 4.62. The molecule has 0 spiro atoms. The number of cyclic esters (lactones) is 1. The van der Waals surface area contributed by atoms with Crippen molar-refractivity contribution < 1.29 is 19.4 Å². The molecular weight excluding hydrogens is 490 g/mol. The number of carbonyl (C=O) groups excluding carboxylic acids is 1. The van der Waals surface area contributed by atoms with Gasteiger partial charge in [0, 0.05) is 24.6 Å². The van der Waals surface area contributed by atoms with Crippen LogP contribution in [0.25, 0.3) is 22.3 Å². The number of nitroso groups, excluding NO2 is 1. The number of nitrogens with zero attached hydrogens (tertiary/aromatic N) is 3. The number of aliphatic hydroxyl groups is 1. The number of hydrogen-bond donors (Lipinski definition) is 1. The third kappa shape index (κ3) is 3.81. The number of ether oxygens (including phenoxy) is 2. The fourth-order valence-electron chi connectivity index (χ4n) is 5.40. The minimum Gasteiger partial charge on any atom is -0.494 e. The highest BCUT2D eigenvalue weighted by molar-refractivity contribution is 6.76. The normalized spacial score (nSPS) is 20.3. The van der Waals surface area contributed by atoms with Gasteiger partial charge in [0.05, 0.1) is 29.1 Å². The van der Waals surface area contributed by atoms with Crippen LogP contribution in [0, 0.1) is 4.91 Å². The number of hydrogen-bond acceptors (Lipinski definition) is 8. The molecule has 0 amide bonds. The maximum absolute atomic E-state index is 13.7. The van der Waals surface area contributed by atoms with Gasteiger partial charge in [0.2, 0.25) is 5.54 Å². The Morgan fingerprint density at radius 3 is 2.65 bits per heavy atom. The number of pyridine rings is 2. The Morgan fingerprint density at radius 2 is 2.00 bits per heavy atom. The summed E-state index contributed by atoms with van der Waals surface area (Å²) in [5.74, 6) is -0.0598. The molecule has 2 unspecified atom stereocenters. The average Bonchev–Trinajstić information content (AvgIpc) is 3.13. The SMILES string of the molecule is CCOc1ccc2nc3c(c(CC[Si](C)(C)C)c2c1)C(O)n1c-3cc2c(c1=O)COC(=O)C2(CC)N=O. The van der Waals surface area contributed by atoms with Crippen molar-refractivity contribution >= 4 is 24.9 Å². The zero-order chi connectivity index (χ0) is 26.7. The highest BCUT2D eigenvalue weighted by Crippen LogP contribution is 2.45. The van der Waals surface area contributed by atoms with Gasteiger partial charge in [0.25, 0.3) is 5.56 Å². The number of rotatable bonds is 7. The zero-order valence-corrected chi connectivity index (χ0v) is 22.8. The Morgan fingerprint density at radius 1 is 1.24 bits per heavy atom. The van der Waals surface area contributed by atoms with E-state index in [1.165, 1.54) is 4.57 Å². The average molecular weight is 522 g/mol. The zero-order valence-electron chi connectivity index (χ0n) is 21.8. The van der Waals surface area contributed by atoms with Crippen LogP contribution in [0.2, 0.25) is 25.7 Å². The molecule has 2 aliphatic rings. The van der Waals surface area contributed by atoms with Crippen molar-refractivity contribution in [3.05, 3.63) is 61.8 Å². The van der Waals surface area contributed by atoms with Gasteiger partial charge in [-0.05, 0) is 54.8 Å². The molecule has 194 valence electrons. The van der Waals surface area contributed by atoms with E-state index in [0.29, 0.717) is 41.2 Å². The van der Waals surface area contributed by atoms with E-state index < -0.39 is 31.4 Å². The second kappa shape index (κ2) is 8.88.